The van der Waals surface area contributed by atoms with Crippen molar-refractivity contribution in [3.8, 4) is 0 Å². The maximum absolute atomic E-state index is 11.7. The van der Waals surface area contributed by atoms with Crippen molar-refractivity contribution >= 4 is 47.2 Å². The summed E-state index contributed by atoms with van der Waals surface area (Å²) in [7, 11) is 1.72. The van der Waals surface area contributed by atoms with E-state index in [0.29, 0.717) is 25.6 Å². The summed E-state index contributed by atoms with van der Waals surface area (Å²) in [6.45, 7) is 11.6. The summed E-state index contributed by atoms with van der Waals surface area (Å²) >= 11 is 1.69. The highest BCUT2D eigenvalue weighted by Crippen LogP contribution is 2.15. The largest absolute Gasteiger partial charge is 0.355 e. The number of aryl methyl sites for hydroxylation is 2. The number of halogens is 1. The van der Waals surface area contributed by atoms with Crippen LogP contribution in [0.4, 0.5) is 0 Å². The number of hydrogen-bond acceptors (Lipinski definition) is 4. The van der Waals surface area contributed by atoms with Gasteiger partial charge in [-0.15, -0.1) is 35.3 Å². The number of aliphatic imine (C=N–C) groups is 1. The summed E-state index contributed by atoms with van der Waals surface area (Å²) in [5.74, 6) is 0.751. The number of carbonyl (C=O) groups is 1. The van der Waals surface area contributed by atoms with Gasteiger partial charge in [0.05, 0.1) is 12.2 Å². The molecule has 0 aliphatic heterocycles. The predicted molar refractivity (Wildman–Crippen MR) is 108 cm³/mol. The molecule has 1 heterocycles. The van der Waals surface area contributed by atoms with Crippen molar-refractivity contribution in [2.24, 2.45) is 10.4 Å². The van der Waals surface area contributed by atoms with Crippen LogP contribution in [-0.4, -0.2) is 37.0 Å². The molecule has 0 aromatic carbocycles. The maximum atomic E-state index is 11.7. The number of nitrogens with zero attached hydrogens (tertiary/aromatic N) is 2. The monoisotopic (exact) mass is 453 g/mol. The molecule has 0 aliphatic carbocycles. The second-order valence-corrected chi connectivity index (χ2v) is 7.40. The molecule has 0 fully saturated rings. The molecule has 0 saturated carbocycles. The van der Waals surface area contributed by atoms with Gasteiger partial charge in [0.15, 0.2) is 5.96 Å². The van der Waals surface area contributed by atoms with Gasteiger partial charge in [-0.2, -0.15) is 0 Å². The molecule has 1 rings (SSSR count). The van der Waals surface area contributed by atoms with Gasteiger partial charge in [0.25, 0.3) is 0 Å². The molecule has 0 aliphatic rings. The number of nitrogens with one attached hydrogen (secondary N) is 3. The van der Waals surface area contributed by atoms with E-state index in [1.807, 2.05) is 27.7 Å². The first-order chi connectivity index (χ1) is 10.2. The smallest absolute Gasteiger partial charge is 0.225 e. The van der Waals surface area contributed by atoms with E-state index >= 15 is 0 Å². The van der Waals surface area contributed by atoms with Gasteiger partial charge in [-0.3, -0.25) is 9.79 Å². The lowest BCUT2D eigenvalue weighted by atomic mass is 9.96. The second kappa shape index (κ2) is 10.1. The van der Waals surface area contributed by atoms with E-state index in [1.165, 1.54) is 4.88 Å². The molecule has 23 heavy (non-hydrogen) atoms. The normalized spacial score (nSPS) is 11.7. The summed E-state index contributed by atoms with van der Waals surface area (Å²) < 4.78 is 0. The third-order valence-electron chi connectivity index (χ3n) is 3.09. The van der Waals surface area contributed by atoms with E-state index in [9.17, 15) is 4.79 Å². The van der Waals surface area contributed by atoms with Gasteiger partial charge in [-0.25, -0.2) is 4.98 Å². The lowest BCUT2D eigenvalue weighted by Crippen LogP contribution is -2.43. The number of guanidine groups is 1. The van der Waals surface area contributed by atoms with Gasteiger partial charge in [0.1, 0.15) is 5.01 Å². The van der Waals surface area contributed by atoms with Gasteiger partial charge in [0, 0.05) is 30.4 Å². The third-order valence-corrected chi connectivity index (χ3v) is 4.16. The number of rotatable bonds is 5. The van der Waals surface area contributed by atoms with E-state index in [4.69, 9.17) is 0 Å². The molecule has 8 heteroatoms. The second-order valence-electron chi connectivity index (χ2n) is 6.11. The van der Waals surface area contributed by atoms with Crippen LogP contribution < -0.4 is 16.0 Å². The molecular formula is C15H28IN5OS. The van der Waals surface area contributed by atoms with Crippen molar-refractivity contribution in [2.75, 3.05) is 20.1 Å². The Kier molecular flexibility index (Phi) is 9.67. The number of aromatic nitrogens is 1. The fourth-order valence-electron chi connectivity index (χ4n) is 1.62. The van der Waals surface area contributed by atoms with E-state index in [2.05, 4.69) is 32.9 Å². The number of carbonyl (C=O) groups excluding carboxylic acids is 1. The van der Waals surface area contributed by atoms with Crippen molar-refractivity contribution in [1.29, 1.82) is 0 Å². The summed E-state index contributed by atoms with van der Waals surface area (Å²) in [6.07, 6.45) is 0. The van der Waals surface area contributed by atoms with Crippen molar-refractivity contribution in [3.63, 3.8) is 0 Å². The van der Waals surface area contributed by atoms with Crippen LogP contribution in [0.2, 0.25) is 0 Å². The molecule has 3 N–H and O–H groups in total. The minimum absolute atomic E-state index is 0. The third kappa shape index (κ3) is 7.96. The zero-order chi connectivity index (χ0) is 16.8. The average Bonchev–Trinajstić information content (AvgIpc) is 2.75. The van der Waals surface area contributed by atoms with Crippen LogP contribution >= 0.6 is 35.3 Å². The van der Waals surface area contributed by atoms with Crippen LogP contribution in [0.5, 0.6) is 0 Å². The predicted octanol–water partition coefficient (Wildman–Crippen LogP) is 2.21. The molecule has 0 atom stereocenters. The topological polar surface area (TPSA) is 78.4 Å². The van der Waals surface area contributed by atoms with E-state index in [0.717, 1.165) is 10.7 Å². The van der Waals surface area contributed by atoms with Gasteiger partial charge in [0.2, 0.25) is 5.91 Å². The first kappa shape index (κ1) is 22.1. The highest BCUT2D eigenvalue weighted by atomic mass is 127. The summed E-state index contributed by atoms with van der Waals surface area (Å²) in [5, 5.41) is 10.3. The molecule has 1 aromatic heterocycles. The Morgan fingerprint density at radius 3 is 2.26 bits per heavy atom. The molecule has 1 amide bonds. The Bertz CT molecular complexity index is 517. The van der Waals surface area contributed by atoms with E-state index in [-0.39, 0.29) is 35.3 Å². The standard InChI is InChI=1S/C15H27N5OS.HI/c1-10-11(2)22-12(20-10)9-19-14(16-6)18-8-7-17-13(21)15(3,4)5;/h7-9H2,1-6H3,(H,17,21)(H2,16,18,19);1H. The van der Waals surface area contributed by atoms with Crippen LogP contribution in [-0.2, 0) is 11.3 Å². The van der Waals surface area contributed by atoms with Crippen molar-refractivity contribution in [1.82, 2.24) is 20.9 Å². The van der Waals surface area contributed by atoms with Crippen molar-refractivity contribution in [2.45, 2.75) is 41.2 Å². The fraction of sp³-hybridized carbons (Fsp3) is 0.667. The Morgan fingerprint density at radius 1 is 1.17 bits per heavy atom. The molecule has 0 radical (unpaired) electrons. The van der Waals surface area contributed by atoms with Gasteiger partial charge in [-0.05, 0) is 13.8 Å². The minimum Gasteiger partial charge on any atom is -0.355 e. The van der Waals surface area contributed by atoms with E-state index in [1.54, 1.807) is 18.4 Å². The van der Waals surface area contributed by atoms with Crippen molar-refractivity contribution < 1.29 is 4.79 Å². The molecule has 132 valence electrons. The minimum atomic E-state index is -0.361. The highest BCUT2D eigenvalue weighted by molar-refractivity contribution is 14.0. The van der Waals surface area contributed by atoms with Crippen LogP contribution in [0.25, 0.3) is 0 Å². The fourth-order valence-corrected chi connectivity index (χ4v) is 2.49. The first-order valence-corrected chi connectivity index (χ1v) is 8.21. The maximum Gasteiger partial charge on any atom is 0.225 e. The SMILES string of the molecule is CN=C(NCCNC(=O)C(C)(C)C)NCc1nc(C)c(C)s1.I. The van der Waals surface area contributed by atoms with Gasteiger partial charge < -0.3 is 16.0 Å². The van der Waals surface area contributed by atoms with Gasteiger partial charge >= 0.3 is 0 Å². The Hall–Kier alpha value is -0.900. The summed E-state index contributed by atoms with van der Waals surface area (Å²) in [4.78, 5) is 21.6. The van der Waals surface area contributed by atoms with Crippen molar-refractivity contribution in [3.05, 3.63) is 15.6 Å². The quantitative estimate of drug-likeness (QED) is 0.277. The molecular weight excluding hydrogens is 425 g/mol. The Labute approximate surface area is 160 Å². The number of thiazole rings is 1. The lowest BCUT2D eigenvalue weighted by molar-refractivity contribution is -0.128. The average molecular weight is 453 g/mol. The van der Waals surface area contributed by atoms with Crippen LogP contribution in [0.3, 0.4) is 0 Å². The highest BCUT2D eigenvalue weighted by Gasteiger charge is 2.20. The lowest BCUT2D eigenvalue weighted by Gasteiger charge is -2.18. The van der Waals surface area contributed by atoms with Crippen LogP contribution in [0.1, 0.15) is 36.3 Å². The molecule has 6 nitrogen and oxygen atoms in total. The Balaban J connectivity index is 0.00000484. The number of amides is 1. The zero-order valence-electron chi connectivity index (χ0n) is 14.7. The zero-order valence-corrected chi connectivity index (χ0v) is 17.9. The molecule has 0 saturated heterocycles. The summed E-state index contributed by atoms with van der Waals surface area (Å²) in [6, 6.07) is 0. The molecule has 0 spiro atoms. The van der Waals surface area contributed by atoms with Crippen LogP contribution in [0.15, 0.2) is 4.99 Å². The first-order valence-electron chi connectivity index (χ1n) is 7.39. The van der Waals surface area contributed by atoms with Crippen LogP contribution in [0, 0.1) is 19.3 Å². The molecule has 0 bridgehead atoms. The Morgan fingerprint density at radius 2 is 1.78 bits per heavy atom. The number of hydrogen-bond donors (Lipinski definition) is 3. The summed E-state index contributed by atoms with van der Waals surface area (Å²) in [5.41, 5.74) is 0.718. The molecule has 1 aromatic rings. The molecule has 0 unspecified atom stereocenters. The van der Waals surface area contributed by atoms with Gasteiger partial charge in [-0.1, -0.05) is 20.8 Å². The van der Waals surface area contributed by atoms with E-state index < -0.39 is 0 Å².